The predicted octanol–water partition coefficient (Wildman–Crippen LogP) is 1.65. The molecule has 2 aromatic rings. The second kappa shape index (κ2) is 7.43. The number of thiazole rings is 1. The van der Waals surface area contributed by atoms with Crippen LogP contribution in [0, 0.1) is 0 Å². The van der Waals surface area contributed by atoms with Crippen LogP contribution in [0.25, 0.3) is 0 Å². The summed E-state index contributed by atoms with van der Waals surface area (Å²) in [6.45, 7) is 2.10. The van der Waals surface area contributed by atoms with Crippen molar-refractivity contribution in [1.29, 1.82) is 0 Å². The smallest absolute Gasteiger partial charge is 0.321 e. The molecule has 0 spiro atoms. The van der Waals surface area contributed by atoms with E-state index in [0.717, 1.165) is 25.0 Å². The molecule has 0 bridgehead atoms. The summed E-state index contributed by atoms with van der Waals surface area (Å²) < 4.78 is 4.88. The van der Waals surface area contributed by atoms with Crippen LogP contribution in [0.4, 0.5) is 9.93 Å². The van der Waals surface area contributed by atoms with Crippen molar-refractivity contribution in [1.82, 2.24) is 20.5 Å². The molecule has 3 N–H and O–H groups in total. The zero-order valence-corrected chi connectivity index (χ0v) is 14.1. The minimum atomic E-state index is -0.323. The van der Waals surface area contributed by atoms with Gasteiger partial charge >= 0.3 is 12.0 Å². The summed E-state index contributed by atoms with van der Waals surface area (Å²) in [4.78, 5) is 27.7. The van der Waals surface area contributed by atoms with Gasteiger partial charge in [-0.1, -0.05) is 0 Å². The minimum Gasteiger partial charge on any atom is -0.466 e. The molecule has 0 radical (unpaired) electrons. The molecular formula is C15H19N5O3S. The number of hydrogen-bond donors (Lipinski definition) is 3. The van der Waals surface area contributed by atoms with Gasteiger partial charge in [0.1, 0.15) is 0 Å². The van der Waals surface area contributed by atoms with E-state index in [9.17, 15) is 9.59 Å². The van der Waals surface area contributed by atoms with E-state index in [-0.39, 0.29) is 24.5 Å². The van der Waals surface area contributed by atoms with Crippen molar-refractivity contribution < 1.29 is 14.3 Å². The van der Waals surface area contributed by atoms with Gasteiger partial charge in [0.05, 0.1) is 24.9 Å². The van der Waals surface area contributed by atoms with E-state index in [2.05, 4.69) is 25.8 Å². The van der Waals surface area contributed by atoms with E-state index < -0.39 is 0 Å². The number of aryl methyl sites for hydroxylation is 1. The van der Waals surface area contributed by atoms with Crippen LogP contribution in [0.2, 0.25) is 0 Å². The van der Waals surface area contributed by atoms with Crippen molar-refractivity contribution in [2.45, 2.75) is 38.6 Å². The average Bonchev–Trinajstić information content (AvgIpc) is 3.16. The Bertz CT molecular complexity index is 726. The minimum absolute atomic E-state index is 0.0666. The summed E-state index contributed by atoms with van der Waals surface area (Å²) in [7, 11) is 0. The number of aromatic nitrogens is 3. The monoisotopic (exact) mass is 349 g/mol. The first-order chi connectivity index (χ1) is 11.6. The van der Waals surface area contributed by atoms with Crippen LogP contribution in [0.5, 0.6) is 0 Å². The van der Waals surface area contributed by atoms with Gasteiger partial charge in [-0.25, -0.2) is 9.78 Å². The third kappa shape index (κ3) is 4.10. The molecule has 9 heteroatoms. The number of nitrogens with one attached hydrogen (secondary N) is 3. The van der Waals surface area contributed by atoms with E-state index in [0.29, 0.717) is 17.4 Å². The molecule has 1 aliphatic rings. The number of carbonyl (C=O) groups is 2. The number of rotatable bonds is 5. The van der Waals surface area contributed by atoms with Crippen LogP contribution in [0.15, 0.2) is 11.6 Å². The number of esters is 1. The highest BCUT2D eigenvalue weighted by molar-refractivity contribution is 7.13. The van der Waals surface area contributed by atoms with E-state index in [1.165, 1.54) is 16.9 Å². The van der Waals surface area contributed by atoms with Gasteiger partial charge in [0, 0.05) is 23.5 Å². The molecule has 0 unspecified atom stereocenters. The van der Waals surface area contributed by atoms with E-state index in [4.69, 9.17) is 4.74 Å². The molecule has 1 atom stereocenters. The van der Waals surface area contributed by atoms with Gasteiger partial charge in [-0.2, -0.15) is 5.10 Å². The molecule has 2 aromatic heterocycles. The Kier molecular flexibility index (Phi) is 5.09. The molecule has 0 aliphatic heterocycles. The number of fused-ring (bicyclic) bond motifs is 1. The fraction of sp³-hybridized carbons (Fsp3) is 0.467. The number of hydrogen-bond acceptors (Lipinski definition) is 6. The van der Waals surface area contributed by atoms with E-state index >= 15 is 0 Å². The highest BCUT2D eigenvalue weighted by atomic mass is 32.1. The second-order valence-electron chi connectivity index (χ2n) is 5.54. The molecule has 0 fully saturated rings. The quantitative estimate of drug-likeness (QED) is 0.711. The maximum atomic E-state index is 12.1. The van der Waals surface area contributed by atoms with Gasteiger partial charge < -0.3 is 10.1 Å². The number of amides is 2. The molecule has 2 heterocycles. The first kappa shape index (κ1) is 16.4. The zero-order valence-electron chi connectivity index (χ0n) is 13.3. The molecule has 0 aromatic carbocycles. The largest absolute Gasteiger partial charge is 0.466 e. The Balaban J connectivity index is 1.49. The van der Waals surface area contributed by atoms with Gasteiger partial charge in [0.25, 0.3) is 0 Å². The number of anilines is 1. The van der Waals surface area contributed by atoms with Crippen molar-refractivity contribution in [3.05, 3.63) is 28.5 Å². The lowest BCUT2D eigenvalue weighted by atomic mass is 9.94. The van der Waals surface area contributed by atoms with Crippen molar-refractivity contribution in [2.75, 3.05) is 11.9 Å². The van der Waals surface area contributed by atoms with Gasteiger partial charge in [-0.15, -0.1) is 11.3 Å². The summed E-state index contributed by atoms with van der Waals surface area (Å²) in [5, 5.41) is 14.9. The maximum Gasteiger partial charge on any atom is 0.321 e. The number of ether oxygens (including phenoxy) is 1. The standard InChI is InChI=1S/C15H19N5O3S/c1-2-23-13(21)6-11-8-24-15(18-11)19-14(22)17-10-4-3-9-7-16-20-12(9)5-10/h7-8,10H,2-6H2,1H3,(H,16,20)(H2,17,18,19,22)/t10-/m0/s1. The van der Waals surface area contributed by atoms with Crippen LogP contribution in [0.3, 0.4) is 0 Å². The summed E-state index contributed by atoms with van der Waals surface area (Å²) in [5.74, 6) is -0.323. The molecule has 0 saturated heterocycles. The first-order valence-electron chi connectivity index (χ1n) is 7.82. The lowest BCUT2D eigenvalue weighted by Gasteiger charge is -2.22. The van der Waals surface area contributed by atoms with Gasteiger partial charge in [0.15, 0.2) is 5.13 Å². The Morgan fingerprint density at radius 3 is 3.21 bits per heavy atom. The number of H-pyrrole nitrogens is 1. The summed E-state index contributed by atoms with van der Waals surface area (Å²) in [6.07, 6.45) is 4.48. The molecule has 0 saturated carbocycles. The van der Waals surface area contributed by atoms with Crippen molar-refractivity contribution >= 4 is 28.5 Å². The highest BCUT2D eigenvalue weighted by Crippen LogP contribution is 2.19. The molecule has 1 aliphatic carbocycles. The molecule has 8 nitrogen and oxygen atoms in total. The fourth-order valence-electron chi connectivity index (χ4n) is 2.66. The lowest BCUT2D eigenvalue weighted by Crippen LogP contribution is -2.41. The van der Waals surface area contributed by atoms with Crippen LogP contribution in [0.1, 0.15) is 30.3 Å². The van der Waals surface area contributed by atoms with Gasteiger partial charge in [0.2, 0.25) is 0 Å². The maximum absolute atomic E-state index is 12.1. The van der Waals surface area contributed by atoms with Crippen molar-refractivity contribution in [2.24, 2.45) is 0 Å². The Hall–Kier alpha value is -2.42. The molecule has 24 heavy (non-hydrogen) atoms. The molecular weight excluding hydrogens is 330 g/mol. The first-order valence-corrected chi connectivity index (χ1v) is 8.70. The Morgan fingerprint density at radius 2 is 2.38 bits per heavy atom. The predicted molar refractivity (Wildman–Crippen MR) is 89.0 cm³/mol. The fourth-order valence-corrected chi connectivity index (χ4v) is 3.36. The molecule has 2 amide bonds. The van der Waals surface area contributed by atoms with E-state index in [1.54, 1.807) is 12.3 Å². The number of urea groups is 1. The van der Waals surface area contributed by atoms with Crippen LogP contribution in [-0.2, 0) is 28.8 Å². The Labute approximate surface area is 143 Å². The van der Waals surface area contributed by atoms with Gasteiger partial charge in [-0.3, -0.25) is 15.2 Å². The Morgan fingerprint density at radius 1 is 1.50 bits per heavy atom. The summed E-state index contributed by atoms with van der Waals surface area (Å²) in [6, 6.07) is -0.225. The third-order valence-electron chi connectivity index (χ3n) is 3.76. The number of carbonyl (C=O) groups excluding carboxylic acids is 2. The molecule has 128 valence electrons. The van der Waals surface area contributed by atoms with Crippen molar-refractivity contribution in [3.8, 4) is 0 Å². The summed E-state index contributed by atoms with van der Waals surface area (Å²) >= 11 is 1.28. The third-order valence-corrected chi connectivity index (χ3v) is 4.56. The topological polar surface area (TPSA) is 109 Å². The highest BCUT2D eigenvalue weighted by Gasteiger charge is 2.21. The van der Waals surface area contributed by atoms with Crippen LogP contribution < -0.4 is 10.6 Å². The van der Waals surface area contributed by atoms with Crippen LogP contribution >= 0.6 is 11.3 Å². The average molecular weight is 349 g/mol. The zero-order chi connectivity index (χ0) is 16.9. The van der Waals surface area contributed by atoms with E-state index in [1.807, 2.05) is 6.20 Å². The lowest BCUT2D eigenvalue weighted by molar-refractivity contribution is -0.142. The second-order valence-corrected chi connectivity index (χ2v) is 6.40. The van der Waals surface area contributed by atoms with Crippen molar-refractivity contribution in [3.63, 3.8) is 0 Å². The number of nitrogens with zero attached hydrogens (tertiary/aromatic N) is 2. The molecule has 3 rings (SSSR count). The van der Waals surface area contributed by atoms with Crippen LogP contribution in [-0.4, -0.2) is 39.8 Å². The SMILES string of the molecule is CCOC(=O)Cc1csc(NC(=O)N[C@H]2CCc3cn[nH]c3C2)n1. The normalized spacial score (nSPS) is 16.3. The van der Waals surface area contributed by atoms with Gasteiger partial charge in [-0.05, 0) is 25.3 Å². The summed E-state index contributed by atoms with van der Waals surface area (Å²) in [5.41, 5.74) is 2.89. The number of aromatic amines is 1.